The van der Waals surface area contributed by atoms with E-state index in [1.165, 1.54) is 122 Å². The number of hydrogen-bond donors (Lipinski definition) is 1. The van der Waals surface area contributed by atoms with Crippen molar-refractivity contribution in [3.8, 4) is 0 Å². The predicted octanol–water partition coefficient (Wildman–Crippen LogP) is 23.3. The summed E-state index contributed by atoms with van der Waals surface area (Å²) in [6, 6.07) is 0.769. The second-order valence-corrected chi connectivity index (χ2v) is 24.9. The summed E-state index contributed by atoms with van der Waals surface area (Å²) in [6.07, 6.45) is 24.9. The number of nitrogens with one attached hydrogen (secondary N) is 1. The van der Waals surface area contributed by atoms with Crippen LogP contribution in [-0.4, -0.2) is 122 Å². The number of piperidine rings is 2. The van der Waals surface area contributed by atoms with Gasteiger partial charge in [0, 0.05) is 17.9 Å². The highest BCUT2D eigenvalue weighted by atomic mass is 16.7. The van der Waals surface area contributed by atoms with Gasteiger partial charge < -0.3 is 48.1 Å². The molecule has 0 aromatic rings. The van der Waals surface area contributed by atoms with Crippen LogP contribution in [0.2, 0.25) is 0 Å². The van der Waals surface area contributed by atoms with Gasteiger partial charge in [-0.15, -0.1) is 0 Å². The molecule has 0 bridgehead atoms. The molecule has 544 valence electrons. The van der Waals surface area contributed by atoms with Crippen LogP contribution in [-0.2, 0) is 37.9 Å². The van der Waals surface area contributed by atoms with E-state index in [0.717, 1.165) is 107 Å². The Bertz CT molecular complexity index is 861. The van der Waals surface area contributed by atoms with Crippen molar-refractivity contribution in [2.45, 2.75) is 355 Å². The molecule has 0 aromatic heterocycles. The summed E-state index contributed by atoms with van der Waals surface area (Å²) >= 11 is 0. The van der Waals surface area contributed by atoms with E-state index in [4.69, 9.17) is 37.9 Å². The lowest BCUT2D eigenvalue weighted by atomic mass is 9.82. The summed E-state index contributed by atoms with van der Waals surface area (Å²) in [7, 11) is 0. The highest BCUT2D eigenvalue weighted by molar-refractivity contribution is 4.72. The van der Waals surface area contributed by atoms with Gasteiger partial charge in [0.1, 0.15) is 13.6 Å². The molecular formula is C78H174N2O8. The third-order valence-corrected chi connectivity index (χ3v) is 16.0. The fraction of sp³-hybridized carbons (Fsp3) is 1.00. The molecule has 0 radical (unpaired) electrons. The van der Waals surface area contributed by atoms with E-state index in [9.17, 15) is 0 Å². The molecule has 8 fully saturated rings. The van der Waals surface area contributed by atoms with Crippen molar-refractivity contribution >= 4 is 0 Å². The van der Waals surface area contributed by atoms with Crippen molar-refractivity contribution in [2.24, 2.45) is 65.1 Å². The maximum Gasteiger partial charge on any atom is 0.159 e. The third-order valence-electron chi connectivity index (χ3n) is 16.0. The van der Waals surface area contributed by atoms with E-state index in [1.807, 2.05) is 111 Å². The highest BCUT2D eigenvalue weighted by Gasteiger charge is 2.21. The Hall–Kier alpha value is -0.400. The first-order valence-electron chi connectivity index (χ1n) is 38.7. The van der Waals surface area contributed by atoms with E-state index >= 15 is 0 Å². The normalized spacial score (nSPS) is 20.6. The van der Waals surface area contributed by atoms with Gasteiger partial charge in [0.2, 0.25) is 0 Å². The molecule has 2 saturated carbocycles. The van der Waals surface area contributed by atoms with Crippen LogP contribution < -0.4 is 5.32 Å². The predicted molar refractivity (Wildman–Crippen MR) is 395 cm³/mol. The average molecular weight is 1270 g/mol. The minimum Gasteiger partial charge on any atom is -0.376 e. The summed E-state index contributed by atoms with van der Waals surface area (Å²) in [5.74, 6) is 8.87. The van der Waals surface area contributed by atoms with Crippen molar-refractivity contribution in [1.82, 2.24) is 10.2 Å². The summed E-state index contributed by atoms with van der Waals surface area (Å²) < 4.78 is 41.9. The highest BCUT2D eigenvalue weighted by Crippen LogP contribution is 2.30. The smallest absolute Gasteiger partial charge is 0.159 e. The fourth-order valence-electron chi connectivity index (χ4n) is 10.2. The molecule has 0 amide bonds. The second-order valence-electron chi connectivity index (χ2n) is 24.9. The van der Waals surface area contributed by atoms with Crippen LogP contribution in [0, 0.1) is 65.1 Å². The molecule has 8 rings (SSSR count). The van der Waals surface area contributed by atoms with Gasteiger partial charge in [-0.2, -0.15) is 0 Å². The first-order valence-corrected chi connectivity index (χ1v) is 38.7. The third kappa shape index (κ3) is 67.0. The number of nitrogens with zero attached hydrogens (tertiary/aromatic N) is 1. The minimum atomic E-state index is 0.0544. The molecule has 6 aliphatic heterocycles. The van der Waals surface area contributed by atoms with E-state index in [1.54, 1.807) is 0 Å². The number of ether oxygens (including phenoxy) is 8. The van der Waals surface area contributed by atoms with Crippen LogP contribution in [0.15, 0.2) is 0 Å². The first kappa shape index (κ1) is 104. The molecule has 8 aliphatic rings. The van der Waals surface area contributed by atoms with Crippen molar-refractivity contribution < 1.29 is 37.9 Å². The molecule has 2 unspecified atom stereocenters. The Morgan fingerprint density at radius 1 is 0.284 bits per heavy atom. The van der Waals surface area contributed by atoms with Crippen LogP contribution in [0.25, 0.3) is 0 Å². The van der Waals surface area contributed by atoms with E-state index in [-0.39, 0.29) is 6.29 Å². The summed E-state index contributed by atoms with van der Waals surface area (Å²) in [5.41, 5.74) is 0. The van der Waals surface area contributed by atoms with Crippen molar-refractivity contribution in [1.29, 1.82) is 0 Å². The maximum atomic E-state index is 5.41. The molecule has 10 heteroatoms. The molecule has 2 atom stereocenters. The molecule has 88 heavy (non-hydrogen) atoms. The molecular weight excluding hydrogens is 1090 g/mol. The van der Waals surface area contributed by atoms with Crippen LogP contribution in [0.4, 0.5) is 0 Å². The molecule has 0 aromatic carbocycles. The SMILES string of the molecule is CC.CC.CC.CC.CC.CC.CC.CC.CC(C)C1CCCCC1.CC(C)C1CCCCC1.CC(C)C1CCNCC1.CC(C)C1CCOCO1.CC(C)C1COCCO1.CC(C)C1COCOC1.CC(C)C1OCCCO1.CC(C)N1CCCCC1. The lowest BCUT2D eigenvalue weighted by Crippen LogP contribution is -2.35. The van der Waals surface area contributed by atoms with Gasteiger partial charge in [0.25, 0.3) is 0 Å². The quantitative estimate of drug-likeness (QED) is 0.253. The first-order chi connectivity index (χ1) is 42.4. The van der Waals surface area contributed by atoms with E-state index < -0.39 is 0 Å². The fourth-order valence-corrected chi connectivity index (χ4v) is 10.2. The zero-order valence-electron chi connectivity index (χ0n) is 66.8. The van der Waals surface area contributed by atoms with Crippen LogP contribution >= 0.6 is 0 Å². The van der Waals surface area contributed by atoms with Gasteiger partial charge in [-0.1, -0.05) is 278 Å². The summed E-state index contributed by atoms with van der Waals surface area (Å²) in [4.78, 5) is 2.56. The zero-order chi connectivity index (χ0) is 69.5. The van der Waals surface area contributed by atoms with Crippen molar-refractivity contribution in [3.63, 3.8) is 0 Å². The summed E-state index contributed by atoms with van der Waals surface area (Å²) in [5, 5.41) is 3.37. The van der Waals surface area contributed by atoms with Gasteiger partial charge in [0.05, 0.1) is 65.1 Å². The molecule has 6 saturated heterocycles. The minimum absolute atomic E-state index is 0.0544. The maximum absolute atomic E-state index is 5.41. The van der Waals surface area contributed by atoms with Gasteiger partial charge in [-0.3, -0.25) is 0 Å². The Kier molecular flexibility index (Phi) is 97.4. The molecule has 10 nitrogen and oxygen atoms in total. The largest absolute Gasteiger partial charge is 0.376 e. The summed E-state index contributed by atoms with van der Waals surface area (Å²) in [6.45, 7) is 80.7. The Morgan fingerprint density at radius 2 is 0.670 bits per heavy atom. The lowest BCUT2D eigenvalue weighted by Gasteiger charge is -2.29. The van der Waals surface area contributed by atoms with Crippen molar-refractivity contribution in [3.05, 3.63) is 0 Å². The van der Waals surface area contributed by atoms with Gasteiger partial charge in [0.15, 0.2) is 6.29 Å². The van der Waals surface area contributed by atoms with Crippen LogP contribution in [0.3, 0.4) is 0 Å². The monoisotopic (exact) mass is 1270 g/mol. The van der Waals surface area contributed by atoms with E-state index in [0.29, 0.717) is 55.4 Å². The topological polar surface area (TPSA) is 89.1 Å². The number of hydrogen-bond acceptors (Lipinski definition) is 10. The standard InChI is InChI=1S/2C9H18.2C8H17N.4C7H14O2.8C2H6/c2*1-8(2)9-6-4-3-5-7-9;1-7(2)8-3-5-9-6-4-8;1-8(2)9-6-4-3-5-7-9;1-6(2)7-3-8-5-9-4-7;1-6(2)7-5-8-3-4-9-7;1-6(2)7-3-4-8-5-9-7;1-6(2)7-8-4-3-5-9-7;8*1-2/h2*8-9H,3-7H2,1-2H3;7-9H,3-6H2,1-2H3;8H,3-7H2,1-2H3;4*6-7H,3-5H2,1-2H3;8*1-2H3. The molecule has 1 N–H and O–H groups in total. The van der Waals surface area contributed by atoms with Crippen LogP contribution in [0.5, 0.6) is 0 Å². The Morgan fingerprint density at radius 3 is 0.909 bits per heavy atom. The van der Waals surface area contributed by atoms with Gasteiger partial charge in [-0.25, -0.2) is 0 Å². The van der Waals surface area contributed by atoms with Gasteiger partial charge >= 0.3 is 0 Å². The molecule has 0 spiro atoms. The Balaban J connectivity index is -0.000000134. The van der Waals surface area contributed by atoms with E-state index in [2.05, 4.69) is 121 Å². The van der Waals surface area contributed by atoms with Crippen molar-refractivity contribution in [2.75, 3.05) is 92.6 Å². The number of likely N-dealkylation sites (tertiary alicyclic amines) is 1. The lowest BCUT2D eigenvalue weighted by molar-refractivity contribution is -0.198. The van der Waals surface area contributed by atoms with Crippen LogP contribution in [0.1, 0.15) is 331 Å². The molecule has 2 aliphatic carbocycles. The van der Waals surface area contributed by atoms with Gasteiger partial charge in [-0.05, 0) is 132 Å². The zero-order valence-corrected chi connectivity index (χ0v) is 66.8. The Labute approximate surface area is 558 Å². The number of rotatable bonds is 8. The average Bonchev–Trinajstić information content (AvgIpc) is 3.61. The molecule has 6 heterocycles. The second kappa shape index (κ2) is 82.7.